The van der Waals surface area contributed by atoms with Crippen molar-refractivity contribution in [1.29, 1.82) is 0 Å². The van der Waals surface area contributed by atoms with Gasteiger partial charge >= 0.3 is 0 Å². The summed E-state index contributed by atoms with van der Waals surface area (Å²) in [5.74, 6) is 0.450. The Morgan fingerprint density at radius 1 is 1.35 bits per heavy atom. The van der Waals surface area contributed by atoms with E-state index in [2.05, 4.69) is 31.4 Å². The molecule has 7 heteroatoms. The van der Waals surface area contributed by atoms with Crippen LogP contribution < -0.4 is 11.0 Å². The first-order chi connectivity index (χ1) is 11.1. The third-order valence-electron chi connectivity index (χ3n) is 3.43. The second kappa shape index (κ2) is 6.64. The van der Waals surface area contributed by atoms with E-state index in [9.17, 15) is 4.79 Å². The van der Waals surface area contributed by atoms with Gasteiger partial charge in [0.15, 0.2) is 0 Å². The quantitative estimate of drug-likeness (QED) is 0.539. The average molecular weight is 391 g/mol. The van der Waals surface area contributed by atoms with Gasteiger partial charge in [0.25, 0.3) is 5.56 Å². The molecule has 0 fully saturated rings. The number of nitrogens with one attached hydrogen (secondary N) is 1. The summed E-state index contributed by atoms with van der Waals surface area (Å²) < 4.78 is 2.64. The van der Waals surface area contributed by atoms with E-state index in [1.54, 1.807) is 22.0 Å². The Kier molecular flexibility index (Phi) is 4.58. The first kappa shape index (κ1) is 15.9. The lowest BCUT2D eigenvalue weighted by Crippen LogP contribution is -2.23. The van der Waals surface area contributed by atoms with Gasteiger partial charge in [-0.1, -0.05) is 12.1 Å². The van der Waals surface area contributed by atoms with Crippen LogP contribution in [0.3, 0.4) is 0 Å². The Bertz CT molecular complexity index is 945. The average Bonchev–Trinajstić information content (AvgIpc) is 2.99. The number of hydrogen-bond acceptors (Lipinski definition) is 5. The molecule has 0 atom stereocenters. The standard InChI is InChI=1S/C16H15BrN4OS/c1-3-21-15(22)11-6-4-5-7-12(11)18-16(21)20-19-10(2)13-8-9-14(17)23-13/h4-9H,3H2,1-2H3,(H,18,20)/b19-10-. The molecule has 5 nitrogen and oxygen atoms in total. The number of thiophene rings is 1. The van der Waals surface area contributed by atoms with E-state index in [-0.39, 0.29) is 5.56 Å². The molecule has 3 aromatic rings. The van der Waals surface area contributed by atoms with Crippen molar-refractivity contribution in [2.24, 2.45) is 5.10 Å². The topological polar surface area (TPSA) is 59.3 Å². The van der Waals surface area contributed by atoms with Crippen molar-refractivity contribution in [2.75, 3.05) is 5.43 Å². The number of benzene rings is 1. The predicted octanol–water partition coefficient (Wildman–Crippen LogP) is 4.08. The molecule has 0 amide bonds. The highest BCUT2D eigenvalue weighted by Gasteiger charge is 2.09. The van der Waals surface area contributed by atoms with E-state index in [1.165, 1.54) is 0 Å². The van der Waals surface area contributed by atoms with Gasteiger partial charge in [0.1, 0.15) is 0 Å². The molecule has 0 saturated carbocycles. The monoisotopic (exact) mass is 390 g/mol. The minimum atomic E-state index is -0.0627. The number of fused-ring (bicyclic) bond motifs is 1. The molecule has 2 heterocycles. The second-order valence-electron chi connectivity index (χ2n) is 4.91. The third kappa shape index (κ3) is 3.20. The molecule has 2 aromatic heterocycles. The molecular weight excluding hydrogens is 376 g/mol. The first-order valence-corrected chi connectivity index (χ1v) is 8.76. The zero-order chi connectivity index (χ0) is 16.4. The van der Waals surface area contributed by atoms with Crippen LogP contribution in [-0.4, -0.2) is 15.3 Å². The summed E-state index contributed by atoms with van der Waals surface area (Å²) in [7, 11) is 0. The van der Waals surface area contributed by atoms with E-state index in [0.29, 0.717) is 23.4 Å². The minimum absolute atomic E-state index is 0.0627. The molecule has 1 N–H and O–H groups in total. The molecular formula is C16H15BrN4OS. The fourth-order valence-electron chi connectivity index (χ4n) is 2.24. The molecule has 23 heavy (non-hydrogen) atoms. The Hall–Kier alpha value is -1.99. The molecule has 1 aromatic carbocycles. The number of anilines is 1. The smallest absolute Gasteiger partial charge is 0.262 e. The molecule has 0 aliphatic heterocycles. The van der Waals surface area contributed by atoms with Crippen LogP contribution >= 0.6 is 27.3 Å². The predicted molar refractivity (Wildman–Crippen MR) is 99.5 cm³/mol. The lowest BCUT2D eigenvalue weighted by molar-refractivity contribution is 0.724. The minimum Gasteiger partial charge on any atom is -0.277 e. The van der Waals surface area contributed by atoms with Gasteiger partial charge in [-0.25, -0.2) is 10.4 Å². The highest BCUT2D eigenvalue weighted by atomic mass is 79.9. The summed E-state index contributed by atoms with van der Waals surface area (Å²) in [6.45, 7) is 4.36. The van der Waals surface area contributed by atoms with Crippen LogP contribution in [0.2, 0.25) is 0 Å². The Morgan fingerprint density at radius 2 is 2.13 bits per heavy atom. The summed E-state index contributed by atoms with van der Waals surface area (Å²) >= 11 is 5.04. The van der Waals surface area contributed by atoms with Gasteiger partial charge in [0.2, 0.25) is 5.95 Å². The van der Waals surface area contributed by atoms with E-state index in [4.69, 9.17) is 0 Å². The third-order valence-corrected chi connectivity index (χ3v) is 5.16. The SMILES string of the molecule is CCn1c(N/N=C(/C)c2ccc(Br)s2)nc2ccccc2c1=O. The van der Waals surface area contributed by atoms with Gasteiger partial charge in [-0.2, -0.15) is 5.10 Å². The summed E-state index contributed by atoms with van der Waals surface area (Å²) in [6.07, 6.45) is 0. The van der Waals surface area contributed by atoms with Crippen LogP contribution in [0.25, 0.3) is 10.9 Å². The highest BCUT2D eigenvalue weighted by molar-refractivity contribution is 9.11. The van der Waals surface area contributed by atoms with Crippen LogP contribution in [-0.2, 0) is 6.54 Å². The second-order valence-corrected chi connectivity index (χ2v) is 7.38. The summed E-state index contributed by atoms with van der Waals surface area (Å²) in [6, 6.07) is 11.3. The number of para-hydroxylation sites is 1. The normalized spacial score (nSPS) is 11.9. The first-order valence-electron chi connectivity index (χ1n) is 7.15. The molecule has 0 spiro atoms. The van der Waals surface area contributed by atoms with Gasteiger partial charge in [-0.05, 0) is 54.0 Å². The van der Waals surface area contributed by atoms with Crippen molar-refractivity contribution in [1.82, 2.24) is 9.55 Å². The number of hydrazone groups is 1. The molecule has 118 valence electrons. The zero-order valence-corrected chi connectivity index (χ0v) is 15.1. The highest BCUT2D eigenvalue weighted by Crippen LogP contribution is 2.22. The summed E-state index contributed by atoms with van der Waals surface area (Å²) in [5, 5.41) is 4.98. The Balaban J connectivity index is 2.01. The number of aromatic nitrogens is 2. The van der Waals surface area contributed by atoms with Gasteiger partial charge in [-0.15, -0.1) is 11.3 Å². The Morgan fingerprint density at radius 3 is 2.83 bits per heavy atom. The van der Waals surface area contributed by atoms with Gasteiger partial charge in [0.05, 0.1) is 25.3 Å². The Labute approximate surface area is 145 Å². The van der Waals surface area contributed by atoms with Gasteiger partial charge < -0.3 is 0 Å². The lowest BCUT2D eigenvalue weighted by Gasteiger charge is -2.11. The molecule has 0 bridgehead atoms. The van der Waals surface area contributed by atoms with Crippen LogP contribution in [0.1, 0.15) is 18.7 Å². The maximum absolute atomic E-state index is 12.5. The van der Waals surface area contributed by atoms with Crippen molar-refractivity contribution < 1.29 is 0 Å². The number of hydrogen-bond donors (Lipinski definition) is 1. The maximum Gasteiger partial charge on any atom is 0.262 e. The summed E-state index contributed by atoms with van der Waals surface area (Å²) in [4.78, 5) is 18.1. The van der Waals surface area contributed by atoms with Crippen LogP contribution in [0.5, 0.6) is 0 Å². The van der Waals surface area contributed by atoms with E-state index in [1.807, 2.05) is 44.2 Å². The van der Waals surface area contributed by atoms with Gasteiger partial charge in [-0.3, -0.25) is 9.36 Å². The molecule has 0 unspecified atom stereocenters. The largest absolute Gasteiger partial charge is 0.277 e. The van der Waals surface area contributed by atoms with E-state index < -0.39 is 0 Å². The van der Waals surface area contributed by atoms with Crippen molar-refractivity contribution in [3.63, 3.8) is 0 Å². The molecule has 0 aliphatic rings. The zero-order valence-electron chi connectivity index (χ0n) is 12.7. The fraction of sp³-hybridized carbons (Fsp3) is 0.188. The number of halogens is 1. The van der Waals surface area contributed by atoms with Crippen molar-refractivity contribution in [2.45, 2.75) is 20.4 Å². The summed E-state index contributed by atoms with van der Waals surface area (Å²) in [5.41, 5.74) is 4.38. The van der Waals surface area contributed by atoms with Crippen LogP contribution in [0, 0.1) is 0 Å². The van der Waals surface area contributed by atoms with Gasteiger partial charge in [0, 0.05) is 6.54 Å². The van der Waals surface area contributed by atoms with Crippen molar-refractivity contribution in [3.8, 4) is 0 Å². The van der Waals surface area contributed by atoms with Crippen LogP contribution in [0.4, 0.5) is 5.95 Å². The molecule has 3 rings (SSSR count). The molecule has 0 saturated heterocycles. The van der Waals surface area contributed by atoms with Crippen molar-refractivity contribution in [3.05, 3.63) is 55.4 Å². The maximum atomic E-state index is 12.5. The van der Waals surface area contributed by atoms with Crippen molar-refractivity contribution >= 4 is 49.8 Å². The molecule has 0 aliphatic carbocycles. The van der Waals surface area contributed by atoms with E-state index >= 15 is 0 Å². The lowest BCUT2D eigenvalue weighted by atomic mass is 10.2. The number of nitrogens with zero attached hydrogens (tertiary/aromatic N) is 3. The van der Waals surface area contributed by atoms with E-state index in [0.717, 1.165) is 14.4 Å². The van der Waals surface area contributed by atoms with Crippen LogP contribution in [0.15, 0.2) is 50.1 Å². The molecule has 0 radical (unpaired) electrons. The fourth-order valence-corrected chi connectivity index (χ4v) is 3.58. The number of rotatable bonds is 4.